The van der Waals surface area contributed by atoms with Crippen LogP contribution in [0.1, 0.15) is 25.6 Å². The molecule has 0 aromatic carbocycles. The summed E-state index contributed by atoms with van der Waals surface area (Å²) in [4.78, 5) is 4.06. The van der Waals surface area contributed by atoms with E-state index in [-0.39, 0.29) is 29.5 Å². The molecule has 0 aliphatic carbocycles. The van der Waals surface area contributed by atoms with Crippen molar-refractivity contribution in [3.8, 4) is 0 Å². The SMILES string of the molecule is Cc1nc(S(=O)(=O)NC2CCCNC2C)cn1C.Cl. The molecule has 0 bridgehead atoms. The molecular formula is C11H21ClN4O2S. The van der Waals surface area contributed by atoms with Gasteiger partial charge in [0.15, 0.2) is 5.03 Å². The molecule has 0 radical (unpaired) electrons. The van der Waals surface area contributed by atoms with Crippen LogP contribution in [0.25, 0.3) is 0 Å². The molecule has 0 spiro atoms. The summed E-state index contributed by atoms with van der Waals surface area (Å²) < 4.78 is 28.8. The topological polar surface area (TPSA) is 76.0 Å². The lowest BCUT2D eigenvalue weighted by atomic mass is 10.0. The molecule has 0 saturated carbocycles. The van der Waals surface area contributed by atoms with E-state index in [0.29, 0.717) is 5.82 Å². The van der Waals surface area contributed by atoms with Crippen LogP contribution in [-0.2, 0) is 17.1 Å². The number of hydrogen-bond donors (Lipinski definition) is 2. The van der Waals surface area contributed by atoms with Crippen molar-refractivity contribution in [3.63, 3.8) is 0 Å². The van der Waals surface area contributed by atoms with Gasteiger partial charge in [-0.05, 0) is 33.2 Å². The maximum Gasteiger partial charge on any atom is 0.259 e. The summed E-state index contributed by atoms with van der Waals surface area (Å²) in [7, 11) is -1.73. The van der Waals surface area contributed by atoms with Crippen molar-refractivity contribution < 1.29 is 8.42 Å². The summed E-state index contributed by atoms with van der Waals surface area (Å²) in [6.45, 7) is 4.72. The molecule has 2 rings (SSSR count). The summed E-state index contributed by atoms with van der Waals surface area (Å²) >= 11 is 0. The molecule has 2 heterocycles. The van der Waals surface area contributed by atoms with Gasteiger partial charge in [0.2, 0.25) is 0 Å². The van der Waals surface area contributed by atoms with E-state index >= 15 is 0 Å². The van der Waals surface area contributed by atoms with Crippen LogP contribution < -0.4 is 10.0 Å². The molecule has 1 aliphatic rings. The van der Waals surface area contributed by atoms with Crippen molar-refractivity contribution in [1.29, 1.82) is 0 Å². The van der Waals surface area contributed by atoms with Gasteiger partial charge in [0, 0.05) is 25.3 Å². The van der Waals surface area contributed by atoms with E-state index in [1.807, 2.05) is 6.92 Å². The van der Waals surface area contributed by atoms with Gasteiger partial charge in [-0.25, -0.2) is 18.1 Å². The number of nitrogens with zero attached hydrogens (tertiary/aromatic N) is 2. The number of halogens is 1. The van der Waals surface area contributed by atoms with E-state index < -0.39 is 10.0 Å². The number of aromatic nitrogens is 2. The van der Waals surface area contributed by atoms with Gasteiger partial charge in [0.25, 0.3) is 10.0 Å². The Hall–Kier alpha value is -0.630. The van der Waals surface area contributed by atoms with Crippen molar-refractivity contribution >= 4 is 22.4 Å². The monoisotopic (exact) mass is 308 g/mol. The summed E-state index contributed by atoms with van der Waals surface area (Å²) in [5.74, 6) is 0.685. The molecule has 8 heteroatoms. The number of rotatable bonds is 3. The number of piperidine rings is 1. The first-order valence-corrected chi connectivity index (χ1v) is 7.64. The van der Waals surface area contributed by atoms with Crippen LogP contribution in [-0.4, -0.2) is 36.6 Å². The second kappa shape index (κ2) is 6.21. The van der Waals surface area contributed by atoms with E-state index in [1.54, 1.807) is 24.7 Å². The highest BCUT2D eigenvalue weighted by atomic mass is 35.5. The molecule has 110 valence electrons. The summed E-state index contributed by atoms with van der Waals surface area (Å²) in [6, 6.07) is 0.0874. The van der Waals surface area contributed by atoms with Crippen LogP contribution in [0.5, 0.6) is 0 Å². The summed E-state index contributed by atoms with van der Waals surface area (Å²) in [6.07, 6.45) is 3.39. The highest BCUT2D eigenvalue weighted by Gasteiger charge is 2.27. The average Bonchev–Trinajstić information content (AvgIpc) is 2.63. The van der Waals surface area contributed by atoms with Gasteiger partial charge >= 0.3 is 0 Å². The van der Waals surface area contributed by atoms with Gasteiger partial charge in [0.05, 0.1) is 0 Å². The molecular weight excluding hydrogens is 288 g/mol. The van der Waals surface area contributed by atoms with Gasteiger partial charge in [-0.3, -0.25) is 0 Å². The zero-order valence-electron chi connectivity index (χ0n) is 11.4. The molecule has 1 aliphatic heterocycles. The molecule has 0 amide bonds. The predicted molar refractivity (Wildman–Crippen MR) is 76.0 cm³/mol. The quantitative estimate of drug-likeness (QED) is 0.856. The fraction of sp³-hybridized carbons (Fsp3) is 0.727. The lowest BCUT2D eigenvalue weighted by Gasteiger charge is -2.30. The van der Waals surface area contributed by atoms with Gasteiger partial charge in [-0.15, -0.1) is 12.4 Å². The van der Waals surface area contributed by atoms with Gasteiger partial charge < -0.3 is 9.88 Å². The number of hydrogen-bond acceptors (Lipinski definition) is 4. The minimum Gasteiger partial charge on any atom is -0.337 e. The fourth-order valence-corrected chi connectivity index (χ4v) is 3.51. The van der Waals surface area contributed by atoms with E-state index in [9.17, 15) is 8.42 Å². The minimum absolute atomic E-state index is 0. The van der Waals surface area contributed by atoms with Crippen LogP contribution in [0.3, 0.4) is 0 Å². The highest BCUT2D eigenvalue weighted by Crippen LogP contribution is 2.13. The van der Waals surface area contributed by atoms with Crippen LogP contribution in [0.4, 0.5) is 0 Å². The molecule has 1 aromatic rings. The Morgan fingerprint density at radius 3 is 2.74 bits per heavy atom. The Labute approximate surface area is 120 Å². The molecule has 1 aromatic heterocycles. The van der Waals surface area contributed by atoms with E-state index in [2.05, 4.69) is 15.0 Å². The van der Waals surface area contributed by atoms with Crippen molar-refractivity contribution in [2.45, 2.75) is 43.8 Å². The fourth-order valence-electron chi connectivity index (χ4n) is 2.12. The third-order valence-corrected chi connectivity index (χ3v) is 4.79. The normalized spacial score (nSPS) is 23.9. The van der Waals surface area contributed by atoms with E-state index in [0.717, 1.165) is 19.4 Å². The first-order valence-electron chi connectivity index (χ1n) is 6.16. The smallest absolute Gasteiger partial charge is 0.259 e. The molecule has 2 unspecified atom stereocenters. The van der Waals surface area contributed by atoms with E-state index in [4.69, 9.17) is 0 Å². The van der Waals surface area contributed by atoms with Crippen LogP contribution in [0, 0.1) is 6.92 Å². The molecule has 2 atom stereocenters. The Morgan fingerprint density at radius 1 is 1.53 bits per heavy atom. The molecule has 19 heavy (non-hydrogen) atoms. The zero-order valence-corrected chi connectivity index (χ0v) is 13.0. The van der Waals surface area contributed by atoms with Crippen LogP contribution >= 0.6 is 12.4 Å². The maximum atomic E-state index is 12.2. The van der Waals surface area contributed by atoms with Crippen LogP contribution in [0.15, 0.2) is 11.2 Å². The second-order valence-electron chi connectivity index (χ2n) is 4.85. The minimum atomic E-state index is -3.52. The first-order chi connectivity index (χ1) is 8.40. The summed E-state index contributed by atoms with van der Waals surface area (Å²) in [5.41, 5.74) is 0. The van der Waals surface area contributed by atoms with E-state index in [1.165, 1.54) is 0 Å². The van der Waals surface area contributed by atoms with Gasteiger partial charge in [-0.2, -0.15) is 0 Å². The molecule has 2 N–H and O–H groups in total. The zero-order chi connectivity index (χ0) is 13.3. The first kappa shape index (κ1) is 16.4. The third kappa shape index (κ3) is 3.68. The third-order valence-electron chi connectivity index (χ3n) is 3.43. The lowest BCUT2D eigenvalue weighted by Crippen LogP contribution is -2.51. The highest BCUT2D eigenvalue weighted by molar-refractivity contribution is 7.89. The Morgan fingerprint density at radius 2 is 2.21 bits per heavy atom. The largest absolute Gasteiger partial charge is 0.337 e. The Kier molecular flexibility index (Phi) is 5.37. The van der Waals surface area contributed by atoms with Crippen molar-refractivity contribution in [2.24, 2.45) is 7.05 Å². The van der Waals surface area contributed by atoms with Crippen molar-refractivity contribution in [3.05, 3.63) is 12.0 Å². The number of aryl methyl sites for hydroxylation is 2. The number of imidazole rings is 1. The Bertz CT molecular complexity index is 509. The van der Waals surface area contributed by atoms with Crippen LogP contribution in [0.2, 0.25) is 0 Å². The Balaban J connectivity index is 0.00000180. The number of sulfonamides is 1. The second-order valence-corrected chi connectivity index (χ2v) is 6.51. The lowest BCUT2D eigenvalue weighted by molar-refractivity contribution is 0.348. The van der Waals surface area contributed by atoms with Crippen molar-refractivity contribution in [1.82, 2.24) is 19.6 Å². The predicted octanol–water partition coefficient (Wildman–Crippen LogP) is 0.569. The van der Waals surface area contributed by atoms with Gasteiger partial charge in [0.1, 0.15) is 5.82 Å². The average molecular weight is 309 g/mol. The summed E-state index contributed by atoms with van der Waals surface area (Å²) in [5, 5.41) is 3.37. The van der Waals surface area contributed by atoms with Crippen molar-refractivity contribution in [2.75, 3.05) is 6.54 Å². The number of nitrogens with one attached hydrogen (secondary N) is 2. The standard InChI is InChI=1S/C11H20N4O2S.ClH/c1-8-10(5-4-6-12-8)14-18(16,17)11-7-15(3)9(2)13-11;/h7-8,10,12,14H,4-6H2,1-3H3;1H. The molecule has 1 saturated heterocycles. The molecule has 1 fully saturated rings. The van der Waals surface area contributed by atoms with Gasteiger partial charge in [-0.1, -0.05) is 0 Å². The molecule has 6 nitrogen and oxygen atoms in total. The maximum absolute atomic E-state index is 12.2.